The summed E-state index contributed by atoms with van der Waals surface area (Å²) >= 11 is 0. The Labute approximate surface area is 114 Å². The minimum atomic E-state index is 0.327. The lowest BCUT2D eigenvalue weighted by molar-refractivity contribution is 0.414. The van der Waals surface area contributed by atoms with Crippen LogP contribution in [-0.2, 0) is 6.42 Å². The highest BCUT2D eigenvalue weighted by Gasteiger charge is 2.13. The molecule has 1 heterocycles. The summed E-state index contributed by atoms with van der Waals surface area (Å²) in [7, 11) is 1.69. The molecule has 0 spiro atoms. The SMILES string of the molecule is COc1ccc(C(CN)Cc2ccncc2)c(C)c1. The molecular formula is C16H20N2O. The first kappa shape index (κ1) is 13.6. The molecule has 1 aromatic carbocycles. The third kappa shape index (κ3) is 3.32. The van der Waals surface area contributed by atoms with Crippen LogP contribution in [0.3, 0.4) is 0 Å². The molecule has 3 nitrogen and oxygen atoms in total. The number of hydrogen-bond donors (Lipinski definition) is 1. The van der Waals surface area contributed by atoms with Crippen LogP contribution in [0.1, 0.15) is 22.6 Å². The third-order valence-electron chi connectivity index (χ3n) is 3.43. The van der Waals surface area contributed by atoms with Gasteiger partial charge < -0.3 is 10.5 Å². The van der Waals surface area contributed by atoms with Crippen molar-refractivity contribution in [1.29, 1.82) is 0 Å². The van der Waals surface area contributed by atoms with Gasteiger partial charge in [-0.25, -0.2) is 0 Å². The van der Waals surface area contributed by atoms with Crippen LogP contribution in [-0.4, -0.2) is 18.6 Å². The average Bonchev–Trinajstić information content (AvgIpc) is 2.46. The number of nitrogens with two attached hydrogens (primary N) is 1. The molecule has 0 amide bonds. The van der Waals surface area contributed by atoms with E-state index in [4.69, 9.17) is 10.5 Å². The Hall–Kier alpha value is -1.87. The third-order valence-corrected chi connectivity index (χ3v) is 3.43. The topological polar surface area (TPSA) is 48.1 Å². The van der Waals surface area contributed by atoms with Gasteiger partial charge in [-0.15, -0.1) is 0 Å². The van der Waals surface area contributed by atoms with E-state index in [0.29, 0.717) is 12.5 Å². The Morgan fingerprint density at radius 3 is 2.53 bits per heavy atom. The lowest BCUT2D eigenvalue weighted by atomic mass is 9.89. The smallest absolute Gasteiger partial charge is 0.119 e. The summed E-state index contributed by atoms with van der Waals surface area (Å²) in [5, 5.41) is 0. The van der Waals surface area contributed by atoms with Crippen molar-refractivity contribution in [2.24, 2.45) is 5.73 Å². The predicted octanol–water partition coefficient (Wildman–Crippen LogP) is 2.68. The first-order valence-corrected chi connectivity index (χ1v) is 6.48. The summed E-state index contributed by atoms with van der Waals surface area (Å²) in [4.78, 5) is 4.04. The predicted molar refractivity (Wildman–Crippen MR) is 77.5 cm³/mol. The lowest BCUT2D eigenvalue weighted by Gasteiger charge is -2.18. The minimum absolute atomic E-state index is 0.327. The van der Waals surface area contributed by atoms with Gasteiger partial charge in [0, 0.05) is 18.3 Å². The summed E-state index contributed by atoms with van der Waals surface area (Å²) in [5.74, 6) is 1.22. The fraction of sp³-hybridized carbons (Fsp3) is 0.312. The lowest BCUT2D eigenvalue weighted by Crippen LogP contribution is -2.16. The Kier molecular flexibility index (Phi) is 4.53. The highest BCUT2D eigenvalue weighted by molar-refractivity contribution is 5.37. The van der Waals surface area contributed by atoms with Crippen molar-refractivity contribution in [3.05, 3.63) is 59.4 Å². The zero-order valence-corrected chi connectivity index (χ0v) is 11.5. The monoisotopic (exact) mass is 256 g/mol. The van der Waals surface area contributed by atoms with E-state index in [0.717, 1.165) is 12.2 Å². The van der Waals surface area contributed by atoms with Crippen molar-refractivity contribution < 1.29 is 4.74 Å². The second-order valence-corrected chi connectivity index (χ2v) is 4.71. The van der Waals surface area contributed by atoms with E-state index in [1.54, 1.807) is 7.11 Å². The molecule has 2 rings (SSSR count). The molecule has 0 saturated heterocycles. The number of benzene rings is 1. The molecule has 0 bridgehead atoms. The zero-order chi connectivity index (χ0) is 13.7. The number of pyridine rings is 1. The van der Waals surface area contributed by atoms with Crippen LogP contribution in [0, 0.1) is 6.92 Å². The first-order valence-electron chi connectivity index (χ1n) is 6.48. The molecule has 0 aliphatic heterocycles. The molecule has 2 aromatic rings. The Morgan fingerprint density at radius 2 is 1.95 bits per heavy atom. The first-order chi connectivity index (χ1) is 9.24. The molecule has 1 unspecified atom stereocenters. The van der Waals surface area contributed by atoms with Crippen molar-refractivity contribution in [2.45, 2.75) is 19.3 Å². The van der Waals surface area contributed by atoms with Crippen LogP contribution in [0.4, 0.5) is 0 Å². The quantitative estimate of drug-likeness (QED) is 0.894. The fourth-order valence-corrected chi connectivity index (χ4v) is 2.36. The van der Waals surface area contributed by atoms with Gasteiger partial charge in [-0.2, -0.15) is 0 Å². The van der Waals surface area contributed by atoms with Gasteiger partial charge in [0.15, 0.2) is 0 Å². The van der Waals surface area contributed by atoms with Gasteiger partial charge in [0.25, 0.3) is 0 Å². The minimum Gasteiger partial charge on any atom is -0.497 e. The van der Waals surface area contributed by atoms with Crippen LogP contribution in [0.2, 0.25) is 0 Å². The van der Waals surface area contributed by atoms with Crippen LogP contribution in [0.25, 0.3) is 0 Å². The Balaban J connectivity index is 2.22. The molecule has 0 radical (unpaired) electrons. The normalized spacial score (nSPS) is 12.2. The van der Waals surface area contributed by atoms with E-state index in [9.17, 15) is 0 Å². The summed E-state index contributed by atoms with van der Waals surface area (Å²) in [6.45, 7) is 2.74. The van der Waals surface area contributed by atoms with Gasteiger partial charge in [-0.05, 0) is 60.8 Å². The van der Waals surface area contributed by atoms with Crippen LogP contribution < -0.4 is 10.5 Å². The number of ether oxygens (including phenoxy) is 1. The highest BCUT2D eigenvalue weighted by atomic mass is 16.5. The molecule has 100 valence electrons. The van der Waals surface area contributed by atoms with E-state index in [1.807, 2.05) is 30.6 Å². The number of aromatic nitrogens is 1. The molecule has 19 heavy (non-hydrogen) atoms. The zero-order valence-electron chi connectivity index (χ0n) is 11.5. The van der Waals surface area contributed by atoms with Gasteiger partial charge >= 0.3 is 0 Å². The maximum atomic E-state index is 5.95. The van der Waals surface area contributed by atoms with Crippen molar-refractivity contribution in [3.8, 4) is 5.75 Å². The maximum absolute atomic E-state index is 5.95. The molecule has 2 N–H and O–H groups in total. The molecule has 1 atom stereocenters. The number of nitrogens with zero attached hydrogens (tertiary/aromatic N) is 1. The number of rotatable bonds is 5. The van der Waals surface area contributed by atoms with Gasteiger partial charge in [-0.3, -0.25) is 4.98 Å². The maximum Gasteiger partial charge on any atom is 0.119 e. The molecule has 0 fully saturated rings. The van der Waals surface area contributed by atoms with Gasteiger partial charge in [0.05, 0.1) is 7.11 Å². The molecule has 3 heteroatoms. The molecule has 0 aliphatic carbocycles. The van der Waals surface area contributed by atoms with Crippen molar-refractivity contribution in [2.75, 3.05) is 13.7 Å². The highest BCUT2D eigenvalue weighted by Crippen LogP contribution is 2.26. The van der Waals surface area contributed by atoms with Crippen molar-refractivity contribution in [1.82, 2.24) is 4.98 Å². The van der Waals surface area contributed by atoms with Gasteiger partial charge in [-0.1, -0.05) is 6.07 Å². The summed E-state index contributed by atoms with van der Waals surface area (Å²) in [6.07, 6.45) is 4.58. The van der Waals surface area contributed by atoms with Crippen LogP contribution >= 0.6 is 0 Å². The van der Waals surface area contributed by atoms with E-state index in [-0.39, 0.29) is 0 Å². The summed E-state index contributed by atoms with van der Waals surface area (Å²) in [5.41, 5.74) is 9.73. The second-order valence-electron chi connectivity index (χ2n) is 4.71. The van der Waals surface area contributed by atoms with E-state index in [2.05, 4.69) is 24.0 Å². The van der Waals surface area contributed by atoms with E-state index in [1.165, 1.54) is 16.7 Å². The number of methoxy groups -OCH3 is 1. The fourth-order valence-electron chi connectivity index (χ4n) is 2.36. The summed E-state index contributed by atoms with van der Waals surface area (Å²) < 4.78 is 5.24. The Bertz CT molecular complexity index is 526. The number of hydrogen-bond acceptors (Lipinski definition) is 3. The second kappa shape index (κ2) is 6.34. The molecule has 0 aliphatic rings. The van der Waals surface area contributed by atoms with E-state index >= 15 is 0 Å². The van der Waals surface area contributed by atoms with Crippen LogP contribution in [0.15, 0.2) is 42.7 Å². The molecular weight excluding hydrogens is 236 g/mol. The van der Waals surface area contributed by atoms with E-state index < -0.39 is 0 Å². The molecule has 1 aromatic heterocycles. The van der Waals surface area contributed by atoms with Gasteiger partial charge in [0.2, 0.25) is 0 Å². The summed E-state index contributed by atoms with van der Waals surface area (Å²) in [6, 6.07) is 10.3. The average molecular weight is 256 g/mol. The molecule has 0 saturated carbocycles. The van der Waals surface area contributed by atoms with Crippen LogP contribution in [0.5, 0.6) is 5.75 Å². The Morgan fingerprint density at radius 1 is 1.21 bits per heavy atom. The van der Waals surface area contributed by atoms with Crippen molar-refractivity contribution >= 4 is 0 Å². The number of aryl methyl sites for hydroxylation is 1. The standard InChI is InChI=1S/C16H20N2O/c1-12-9-15(19-2)3-4-16(12)14(11-17)10-13-5-7-18-8-6-13/h3-9,14H,10-11,17H2,1-2H3. The van der Waals surface area contributed by atoms with Gasteiger partial charge in [0.1, 0.15) is 5.75 Å². The largest absolute Gasteiger partial charge is 0.497 e. The van der Waals surface area contributed by atoms with Crippen molar-refractivity contribution in [3.63, 3.8) is 0 Å².